The lowest BCUT2D eigenvalue weighted by Gasteiger charge is -2.19. The van der Waals surface area contributed by atoms with E-state index in [2.05, 4.69) is 28.2 Å². The standard InChI is InChI=1S/C14H17N5/c1-11-13(10-15)14(16)19(17-11)9-8-18(2)12-6-4-3-5-7-12/h3-7H,8-9,16H2,1-2H3. The van der Waals surface area contributed by atoms with Gasteiger partial charge in [-0.05, 0) is 19.1 Å². The second-order valence-corrected chi connectivity index (χ2v) is 4.44. The highest BCUT2D eigenvalue weighted by Crippen LogP contribution is 2.15. The van der Waals surface area contributed by atoms with Crippen molar-refractivity contribution in [1.82, 2.24) is 9.78 Å². The summed E-state index contributed by atoms with van der Waals surface area (Å²) >= 11 is 0. The zero-order chi connectivity index (χ0) is 13.8. The molecule has 0 amide bonds. The Hall–Kier alpha value is -2.48. The summed E-state index contributed by atoms with van der Waals surface area (Å²) in [7, 11) is 2.02. The molecule has 0 spiro atoms. The van der Waals surface area contributed by atoms with Gasteiger partial charge in [0.15, 0.2) is 0 Å². The molecule has 0 bridgehead atoms. The van der Waals surface area contributed by atoms with Gasteiger partial charge in [0.1, 0.15) is 17.5 Å². The van der Waals surface area contributed by atoms with E-state index in [4.69, 9.17) is 11.0 Å². The third kappa shape index (κ3) is 2.68. The molecule has 0 aliphatic heterocycles. The minimum absolute atomic E-state index is 0.446. The van der Waals surface area contributed by atoms with Crippen LogP contribution in [0.5, 0.6) is 0 Å². The summed E-state index contributed by atoms with van der Waals surface area (Å²) in [5.74, 6) is 0.446. The summed E-state index contributed by atoms with van der Waals surface area (Å²) < 4.78 is 1.69. The molecule has 1 aromatic carbocycles. The maximum Gasteiger partial charge on any atom is 0.140 e. The number of nitrogens with two attached hydrogens (primary N) is 1. The predicted octanol–water partition coefficient (Wildman–Crippen LogP) is 1.78. The van der Waals surface area contributed by atoms with Gasteiger partial charge in [-0.2, -0.15) is 10.4 Å². The van der Waals surface area contributed by atoms with Gasteiger partial charge in [-0.1, -0.05) is 18.2 Å². The van der Waals surface area contributed by atoms with Gasteiger partial charge < -0.3 is 10.6 Å². The van der Waals surface area contributed by atoms with E-state index in [1.807, 2.05) is 25.2 Å². The van der Waals surface area contributed by atoms with Crippen LogP contribution in [0.25, 0.3) is 0 Å². The van der Waals surface area contributed by atoms with Gasteiger partial charge in [-0.15, -0.1) is 0 Å². The highest BCUT2D eigenvalue weighted by Gasteiger charge is 2.12. The number of aromatic nitrogens is 2. The summed E-state index contributed by atoms with van der Waals surface area (Å²) in [6.45, 7) is 3.23. The van der Waals surface area contributed by atoms with Crippen LogP contribution in [0.1, 0.15) is 11.3 Å². The number of anilines is 2. The van der Waals surface area contributed by atoms with Crippen molar-refractivity contribution < 1.29 is 0 Å². The Labute approximate surface area is 112 Å². The maximum atomic E-state index is 8.97. The van der Waals surface area contributed by atoms with Crippen molar-refractivity contribution in [1.29, 1.82) is 5.26 Å². The fourth-order valence-corrected chi connectivity index (χ4v) is 1.96. The van der Waals surface area contributed by atoms with Gasteiger partial charge in [0.25, 0.3) is 0 Å². The van der Waals surface area contributed by atoms with E-state index < -0.39 is 0 Å². The molecule has 0 saturated carbocycles. The molecule has 19 heavy (non-hydrogen) atoms. The van der Waals surface area contributed by atoms with E-state index in [1.54, 1.807) is 11.6 Å². The molecule has 0 saturated heterocycles. The smallest absolute Gasteiger partial charge is 0.140 e. The molecule has 0 aliphatic rings. The Kier molecular flexibility index (Phi) is 3.71. The zero-order valence-corrected chi connectivity index (χ0v) is 11.2. The number of rotatable bonds is 4. The van der Waals surface area contributed by atoms with E-state index in [-0.39, 0.29) is 0 Å². The number of nitrogen functional groups attached to an aromatic ring is 1. The minimum atomic E-state index is 0.446. The minimum Gasteiger partial charge on any atom is -0.383 e. The number of nitrogens with zero attached hydrogens (tertiary/aromatic N) is 4. The quantitative estimate of drug-likeness (QED) is 0.904. The molecule has 0 aliphatic carbocycles. The van der Waals surface area contributed by atoms with E-state index in [0.717, 1.165) is 12.2 Å². The zero-order valence-electron chi connectivity index (χ0n) is 11.2. The molecule has 2 rings (SSSR count). The van der Waals surface area contributed by atoms with E-state index >= 15 is 0 Å². The SMILES string of the molecule is Cc1nn(CCN(C)c2ccccc2)c(N)c1C#N. The topological polar surface area (TPSA) is 70.9 Å². The highest BCUT2D eigenvalue weighted by molar-refractivity contribution is 5.51. The third-order valence-corrected chi connectivity index (χ3v) is 3.12. The molecule has 5 heteroatoms. The van der Waals surface area contributed by atoms with Crippen molar-refractivity contribution in [3.8, 4) is 6.07 Å². The molecule has 1 aromatic heterocycles. The molecule has 98 valence electrons. The molecule has 0 radical (unpaired) electrons. The number of para-hydroxylation sites is 1. The number of likely N-dealkylation sites (N-methyl/N-ethyl adjacent to an activating group) is 1. The van der Waals surface area contributed by atoms with Gasteiger partial charge in [0.05, 0.1) is 12.2 Å². The average molecular weight is 255 g/mol. The van der Waals surface area contributed by atoms with Crippen LogP contribution in [0.2, 0.25) is 0 Å². The summed E-state index contributed by atoms with van der Waals surface area (Å²) in [5, 5.41) is 13.3. The Bertz CT molecular complexity index is 594. The molecular weight excluding hydrogens is 238 g/mol. The monoisotopic (exact) mass is 255 g/mol. The third-order valence-electron chi connectivity index (χ3n) is 3.12. The van der Waals surface area contributed by atoms with E-state index in [9.17, 15) is 0 Å². The summed E-state index contributed by atoms with van der Waals surface area (Å²) in [6, 6.07) is 12.2. The first kappa shape index (κ1) is 13.0. The first-order valence-corrected chi connectivity index (χ1v) is 6.12. The molecule has 0 fully saturated rings. The van der Waals surface area contributed by atoms with Gasteiger partial charge >= 0.3 is 0 Å². The summed E-state index contributed by atoms with van der Waals surface area (Å²) in [6.07, 6.45) is 0. The largest absolute Gasteiger partial charge is 0.383 e. The molecule has 2 aromatic rings. The Balaban J connectivity index is 2.06. The van der Waals surface area contributed by atoms with E-state index in [1.165, 1.54) is 0 Å². The Morgan fingerprint density at radius 2 is 2.05 bits per heavy atom. The first-order valence-electron chi connectivity index (χ1n) is 6.12. The molecule has 0 unspecified atom stereocenters. The van der Waals surface area contributed by atoms with Crippen LogP contribution in [0, 0.1) is 18.3 Å². The number of hydrogen-bond acceptors (Lipinski definition) is 4. The van der Waals surface area contributed by atoms with Gasteiger partial charge in [0, 0.05) is 19.3 Å². The summed E-state index contributed by atoms with van der Waals surface area (Å²) in [5.41, 5.74) is 8.20. The maximum absolute atomic E-state index is 8.97. The van der Waals surface area contributed by atoms with Gasteiger partial charge in [-0.3, -0.25) is 0 Å². The van der Waals surface area contributed by atoms with E-state index in [0.29, 0.717) is 23.6 Å². The van der Waals surface area contributed by atoms with Crippen LogP contribution in [-0.4, -0.2) is 23.4 Å². The second kappa shape index (κ2) is 5.44. The van der Waals surface area contributed by atoms with Crippen molar-refractivity contribution in [3.63, 3.8) is 0 Å². The number of aryl methyl sites for hydroxylation is 1. The van der Waals surface area contributed by atoms with Crippen LogP contribution in [0.15, 0.2) is 30.3 Å². The molecule has 1 heterocycles. The average Bonchev–Trinajstić information content (AvgIpc) is 2.71. The lowest BCUT2D eigenvalue weighted by atomic mass is 10.3. The van der Waals surface area contributed by atoms with Crippen molar-refractivity contribution in [2.24, 2.45) is 0 Å². The number of nitriles is 1. The second-order valence-electron chi connectivity index (χ2n) is 4.44. The first-order chi connectivity index (χ1) is 9.13. The van der Waals surface area contributed by atoms with Crippen LogP contribution in [-0.2, 0) is 6.54 Å². The van der Waals surface area contributed by atoms with Gasteiger partial charge in [-0.25, -0.2) is 4.68 Å². The lowest BCUT2D eigenvalue weighted by molar-refractivity contribution is 0.615. The van der Waals surface area contributed by atoms with Crippen LogP contribution in [0.4, 0.5) is 11.5 Å². The number of hydrogen-bond donors (Lipinski definition) is 1. The Morgan fingerprint density at radius 3 is 2.63 bits per heavy atom. The van der Waals surface area contributed by atoms with Crippen molar-refractivity contribution >= 4 is 11.5 Å². The van der Waals surface area contributed by atoms with Crippen LogP contribution in [0.3, 0.4) is 0 Å². The molecular formula is C14H17N5. The van der Waals surface area contributed by atoms with Gasteiger partial charge in [0.2, 0.25) is 0 Å². The normalized spacial score (nSPS) is 10.2. The Morgan fingerprint density at radius 1 is 1.37 bits per heavy atom. The lowest BCUT2D eigenvalue weighted by Crippen LogP contribution is -2.23. The van der Waals surface area contributed by atoms with Crippen molar-refractivity contribution in [2.75, 3.05) is 24.2 Å². The molecule has 2 N–H and O–H groups in total. The molecule has 0 atom stereocenters. The van der Waals surface area contributed by atoms with Crippen molar-refractivity contribution in [3.05, 3.63) is 41.6 Å². The fourth-order valence-electron chi connectivity index (χ4n) is 1.96. The number of benzene rings is 1. The predicted molar refractivity (Wildman–Crippen MR) is 75.8 cm³/mol. The van der Waals surface area contributed by atoms with Crippen LogP contribution >= 0.6 is 0 Å². The summed E-state index contributed by atoms with van der Waals surface area (Å²) in [4.78, 5) is 2.13. The van der Waals surface area contributed by atoms with Crippen LogP contribution < -0.4 is 10.6 Å². The van der Waals surface area contributed by atoms with Crippen molar-refractivity contribution in [2.45, 2.75) is 13.5 Å². The highest BCUT2D eigenvalue weighted by atomic mass is 15.3. The molecule has 5 nitrogen and oxygen atoms in total. The fraction of sp³-hybridized carbons (Fsp3) is 0.286.